The fourth-order valence-corrected chi connectivity index (χ4v) is 2.83. The zero-order valence-corrected chi connectivity index (χ0v) is 13.2. The van der Waals surface area contributed by atoms with Crippen molar-refractivity contribution in [2.45, 2.75) is 33.6 Å². The molecule has 1 aromatic carbocycles. The van der Waals surface area contributed by atoms with Crippen LogP contribution in [0.5, 0.6) is 5.75 Å². The molecule has 0 aliphatic carbocycles. The van der Waals surface area contributed by atoms with Crippen molar-refractivity contribution in [1.82, 2.24) is 0 Å². The lowest BCUT2D eigenvalue weighted by atomic mass is 10.1. The van der Waals surface area contributed by atoms with Crippen molar-refractivity contribution < 1.29 is 13.2 Å². The molecule has 0 heterocycles. The molecule has 0 aromatic heterocycles. The van der Waals surface area contributed by atoms with Gasteiger partial charge in [-0.1, -0.05) is 13.0 Å². The summed E-state index contributed by atoms with van der Waals surface area (Å²) in [6.07, 6.45) is 1.39. The molecule has 0 aliphatic heterocycles. The minimum atomic E-state index is -3.38. The molecule has 1 rings (SSSR count). The Kier molecular flexibility index (Phi) is 6.14. The Morgan fingerprint density at radius 3 is 2.26 bits per heavy atom. The molecule has 5 heteroatoms. The van der Waals surface area contributed by atoms with Crippen LogP contribution in [0.3, 0.4) is 0 Å². The lowest BCUT2D eigenvalue weighted by molar-refractivity contribution is 0.281. The van der Waals surface area contributed by atoms with Crippen molar-refractivity contribution in [1.29, 1.82) is 0 Å². The van der Waals surface area contributed by atoms with Crippen molar-refractivity contribution in [3.8, 4) is 5.75 Å². The Morgan fingerprint density at radius 2 is 1.74 bits per heavy atom. The molecule has 0 bridgehead atoms. The molecule has 1 atom stereocenters. The Balaban J connectivity index is 2.33. The summed E-state index contributed by atoms with van der Waals surface area (Å²) in [6.45, 7) is 6.67. The maximum atomic E-state index is 10.8. The minimum Gasteiger partial charge on any atom is -0.494 e. The first kappa shape index (κ1) is 16.3. The van der Waals surface area contributed by atoms with Crippen LogP contribution in [0.4, 0.5) is 0 Å². The van der Waals surface area contributed by atoms with Crippen LogP contribution in [-0.4, -0.2) is 20.8 Å². The second-order valence-electron chi connectivity index (χ2n) is 5.10. The lowest BCUT2D eigenvalue weighted by Crippen LogP contribution is -2.08. The average Bonchev–Trinajstić information content (AvgIpc) is 2.24. The van der Waals surface area contributed by atoms with Crippen molar-refractivity contribution in [2.24, 2.45) is 5.92 Å². The van der Waals surface area contributed by atoms with Gasteiger partial charge in [-0.3, -0.25) is 0 Å². The molecule has 1 unspecified atom stereocenters. The number of aryl methyl sites for hydroxylation is 2. The molecule has 1 aromatic rings. The summed E-state index contributed by atoms with van der Waals surface area (Å²) in [6, 6.07) is 6.10. The van der Waals surface area contributed by atoms with Gasteiger partial charge in [-0.15, -0.1) is 0 Å². The molecular weight excluding hydrogens is 284 g/mol. The SMILES string of the molecule is Cc1cc(C)cc(OCCC(C)CCS(=O)(=O)Cl)c1. The number of hydrogen-bond donors (Lipinski definition) is 0. The predicted molar refractivity (Wildman–Crippen MR) is 79.4 cm³/mol. The molecule has 0 radical (unpaired) electrons. The molecular formula is C14H21ClO3S. The summed E-state index contributed by atoms with van der Waals surface area (Å²) >= 11 is 0. The second-order valence-corrected chi connectivity index (χ2v) is 7.99. The van der Waals surface area contributed by atoms with Crippen LogP contribution in [0, 0.1) is 19.8 Å². The normalized spacial score (nSPS) is 13.3. The van der Waals surface area contributed by atoms with Gasteiger partial charge in [0.2, 0.25) is 9.05 Å². The van der Waals surface area contributed by atoms with Crippen LogP contribution in [0.25, 0.3) is 0 Å². The number of benzene rings is 1. The minimum absolute atomic E-state index is 0.0271. The van der Waals surface area contributed by atoms with Gasteiger partial charge < -0.3 is 4.74 Å². The largest absolute Gasteiger partial charge is 0.494 e. The Hall–Kier alpha value is -0.740. The highest BCUT2D eigenvalue weighted by Crippen LogP contribution is 2.18. The molecule has 0 fully saturated rings. The van der Waals surface area contributed by atoms with Crippen LogP contribution in [0.2, 0.25) is 0 Å². The third-order valence-electron chi connectivity index (χ3n) is 2.93. The number of ether oxygens (including phenoxy) is 1. The Labute approximate surface area is 120 Å². The van der Waals surface area contributed by atoms with E-state index < -0.39 is 9.05 Å². The fraction of sp³-hybridized carbons (Fsp3) is 0.571. The zero-order valence-electron chi connectivity index (χ0n) is 11.6. The molecule has 108 valence electrons. The molecule has 0 saturated heterocycles. The van der Waals surface area contributed by atoms with Crippen molar-refractivity contribution in [3.63, 3.8) is 0 Å². The summed E-state index contributed by atoms with van der Waals surface area (Å²) in [5.74, 6) is 1.17. The monoisotopic (exact) mass is 304 g/mol. The van der Waals surface area contributed by atoms with E-state index >= 15 is 0 Å². The van der Waals surface area contributed by atoms with Gasteiger partial charge in [0.15, 0.2) is 0 Å². The van der Waals surface area contributed by atoms with Gasteiger partial charge in [0.1, 0.15) is 5.75 Å². The van der Waals surface area contributed by atoms with Gasteiger partial charge in [0.05, 0.1) is 12.4 Å². The number of rotatable bonds is 7. The third-order valence-corrected chi connectivity index (χ3v) is 4.12. The van der Waals surface area contributed by atoms with E-state index in [0.717, 1.165) is 12.2 Å². The highest BCUT2D eigenvalue weighted by Gasteiger charge is 2.09. The van der Waals surface area contributed by atoms with E-state index in [4.69, 9.17) is 15.4 Å². The number of hydrogen-bond acceptors (Lipinski definition) is 3. The fourth-order valence-electron chi connectivity index (χ4n) is 1.88. The lowest BCUT2D eigenvalue weighted by Gasteiger charge is -2.12. The van der Waals surface area contributed by atoms with E-state index in [0.29, 0.717) is 13.0 Å². The van der Waals surface area contributed by atoms with E-state index in [1.807, 2.05) is 32.9 Å². The Morgan fingerprint density at radius 1 is 1.16 bits per heavy atom. The first-order chi connectivity index (χ1) is 8.76. The first-order valence-corrected chi connectivity index (χ1v) is 8.87. The predicted octanol–water partition coefficient (Wildman–Crippen LogP) is 3.67. The molecule has 3 nitrogen and oxygen atoms in total. The van der Waals surface area contributed by atoms with Gasteiger partial charge in [-0.05, 0) is 55.9 Å². The van der Waals surface area contributed by atoms with Gasteiger partial charge in [-0.25, -0.2) is 8.42 Å². The van der Waals surface area contributed by atoms with Crippen LogP contribution >= 0.6 is 10.7 Å². The van der Waals surface area contributed by atoms with Crippen LogP contribution in [0.15, 0.2) is 18.2 Å². The molecule has 0 N–H and O–H groups in total. The first-order valence-electron chi connectivity index (χ1n) is 6.40. The quantitative estimate of drug-likeness (QED) is 0.722. The van der Waals surface area contributed by atoms with Crippen LogP contribution in [-0.2, 0) is 9.05 Å². The summed E-state index contributed by atoms with van der Waals surface area (Å²) in [4.78, 5) is 0. The van der Waals surface area contributed by atoms with Gasteiger partial charge in [0, 0.05) is 10.7 Å². The van der Waals surface area contributed by atoms with Crippen molar-refractivity contribution in [2.75, 3.05) is 12.4 Å². The Bertz CT molecular complexity index is 491. The van der Waals surface area contributed by atoms with Gasteiger partial charge >= 0.3 is 0 Å². The molecule has 19 heavy (non-hydrogen) atoms. The molecule has 0 amide bonds. The average molecular weight is 305 g/mol. The second kappa shape index (κ2) is 7.15. The highest BCUT2D eigenvalue weighted by molar-refractivity contribution is 8.13. The number of halogens is 1. The topological polar surface area (TPSA) is 43.4 Å². The standard InChI is InChI=1S/C14H21ClO3S/c1-11(5-7-19(15,16)17)4-6-18-14-9-12(2)8-13(3)10-14/h8-11H,4-7H2,1-3H3. The molecule has 0 saturated carbocycles. The van der Waals surface area contributed by atoms with E-state index in [-0.39, 0.29) is 11.7 Å². The van der Waals surface area contributed by atoms with Crippen LogP contribution in [0.1, 0.15) is 30.9 Å². The van der Waals surface area contributed by atoms with E-state index in [1.54, 1.807) is 0 Å². The van der Waals surface area contributed by atoms with Gasteiger partial charge in [0.25, 0.3) is 0 Å². The molecule has 0 spiro atoms. The third kappa shape index (κ3) is 7.43. The zero-order chi connectivity index (χ0) is 14.5. The van der Waals surface area contributed by atoms with Crippen molar-refractivity contribution in [3.05, 3.63) is 29.3 Å². The van der Waals surface area contributed by atoms with Crippen molar-refractivity contribution >= 4 is 19.7 Å². The van der Waals surface area contributed by atoms with Gasteiger partial charge in [-0.2, -0.15) is 0 Å². The van der Waals surface area contributed by atoms with E-state index in [2.05, 4.69) is 6.07 Å². The van der Waals surface area contributed by atoms with Crippen LogP contribution < -0.4 is 4.74 Å². The summed E-state index contributed by atoms with van der Waals surface area (Å²) < 4.78 is 27.4. The highest BCUT2D eigenvalue weighted by atomic mass is 35.7. The maximum Gasteiger partial charge on any atom is 0.232 e. The summed E-state index contributed by atoms with van der Waals surface area (Å²) in [5, 5.41) is 0. The summed E-state index contributed by atoms with van der Waals surface area (Å²) in [5.41, 5.74) is 2.35. The maximum absolute atomic E-state index is 10.8. The van der Waals surface area contributed by atoms with E-state index in [9.17, 15) is 8.42 Å². The molecule has 0 aliphatic rings. The summed E-state index contributed by atoms with van der Waals surface area (Å²) in [7, 11) is 1.81. The smallest absolute Gasteiger partial charge is 0.232 e. The van der Waals surface area contributed by atoms with E-state index in [1.165, 1.54) is 11.1 Å².